The highest BCUT2D eigenvalue weighted by Crippen LogP contribution is 2.31. The lowest BCUT2D eigenvalue weighted by Gasteiger charge is -2.25. The number of hydrogen-bond donors (Lipinski definition) is 3. The summed E-state index contributed by atoms with van der Waals surface area (Å²) in [5.74, 6) is 0.826. The summed E-state index contributed by atoms with van der Waals surface area (Å²) >= 11 is 6.40. The number of hydrogen-bond acceptors (Lipinski definition) is 8. The zero-order valence-electron chi connectivity index (χ0n) is 21.2. The number of aryl methyl sites for hydroxylation is 2. The van der Waals surface area contributed by atoms with E-state index in [0.29, 0.717) is 40.0 Å². The Labute approximate surface area is 222 Å². The van der Waals surface area contributed by atoms with Gasteiger partial charge in [0.25, 0.3) is 5.91 Å². The van der Waals surface area contributed by atoms with Crippen LogP contribution in [-0.2, 0) is 12.8 Å². The fourth-order valence-electron chi connectivity index (χ4n) is 5.18. The SMILES string of the molecule is CNC(=O)c1cnc(OC)cc1Nc1nc(Nc2ccc3c(c2)CCC(N2CCCC2)CC3)ncc1Cl. The summed E-state index contributed by atoms with van der Waals surface area (Å²) in [6.07, 6.45) is 10.3. The fourth-order valence-corrected chi connectivity index (χ4v) is 5.32. The molecule has 1 unspecified atom stereocenters. The van der Waals surface area contributed by atoms with E-state index in [9.17, 15) is 4.79 Å². The van der Waals surface area contributed by atoms with Gasteiger partial charge >= 0.3 is 0 Å². The first-order valence-corrected chi connectivity index (χ1v) is 13.1. The third-order valence-corrected chi connectivity index (χ3v) is 7.45. The molecule has 3 N–H and O–H groups in total. The largest absolute Gasteiger partial charge is 0.481 e. The molecule has 1 amide bonds. The van der Waals surface area contributed by atoms with Crippen LogP contribution in [0, 0.1) is 0 Å². The Hall–Kier alpha value is -3.43. The number of likely N-dealkylation sites (tertiary alicyclic amines) is 1. The molecule has 2 aliphatic rings. The lowest BCUT2D eigenvalue weighted by atomic mass is 10.0. The normalized spacial score (nSPS) is 17.5. The van der Waals surface area contributed by atoms with Crippen molar-refractivity contribution < 1.29 is 9.53 Å². The van der Waals surface area contributed by atoms with Gasteiger partial charge in [0.15, 0.2) is 5.82 Å². The van der Waals surface area contributed by atoms with E-state index < -0.39 is 0 Å². The first-order chi connectivity index (χ1) is 18.0. The molecule has 3 aromatic rings. The number of carbonyl (C=O) groups is 1. The van der Waals surface area contributed by atoms with Crippen LogP contribution < -0.4 is 20.7 Å². The summed E-state index contributed by atoms with van der Waals surface area (Å²) < 4.78 is 5.22. The molecule has 2 aromatic heterocycles. The summed E-state index contributed by atoms with van der Waals surface area (Å²) in [7, 11) is 3.07. The topological polar surface area (TPSA) is 104 Å². The van der Waals surface area contributed by atoms with E-state index in [4.69, 9.17) is 16.3 Å². The molecule has 5 rings (SSSR count). The van der Waals surface area contributed by atoms with Crippen LogP contribution in [0.15, 0.2) is 36.7 Å². The van der Waals surface area contributed by atoms with Crippen molar-refractivity contribution in [1.29, 1.82) is 0 Å². The van der Waals surface area contributed by atoms with E-state index in [1.165, 1.54) is 69.4 Å². The number of ether oxygens (including phenoxy) is 1. The number of benzene rings is 1. The molecule has 1 aliphatic carbocycles. The van der Waals surface area contributed by atoms with Gasteiger partial charge < -0.3 is 25.6 Å². The van der Waals surface area contributed by atoms with Crippen molar-refractivity contribution >= 4 is 40.6 Å². The van der Waals surface area contributed by atoms with Gasteiger partial charge in [-0.1, -0.05) is 17.7 Å². The summed E-state index contributed by atoms with van der Waals surface area (Å²) in [5.41, 5.74) is 4.56. The summed E-state index contributed by atoms with van der Waals surface area (Å²) in [5, 5.41) is 9.39. The molecule has 0 bridgehead atoms. The summed E-state index contributed by atoms with van der Waals surface area (Å²) in [6.45, 7) is 2.49. The minimum Gasteiger partial charge on any atom is -0.481 e. The number of halogens is 1. The molecule has 1 saturated heterocycles. The van der Waals surface area contributed by atoms with E-state index in [-0.39, 0.29) is 5.91 Å². The zero-order valence-corrected chi connectivity index (χ0v) is 21.9. The maximum Gasteiger partial charge on any atom is 0.254 e. The molecule has 37 heavy (non-hydrogen) atoms. The van der Waals surface area contributed by atoms with Crippen LogP contribution in [0.5, 0.6) is 5.88 Å². The van der Waals surface area contributed by atoms with Crippen molar-refractivity contribution in [2.75, 3.05) is 37.9 Å². The fraction of sp³-hybridized carbons (Fsp3) is 0.407. The molecule has 1 aliphatic heterocycles. The lowest BCUT2D eigenvalue weighted by Crippen LogP contribution is -2.32. The zero-order chi connectivity index (χ0) is 25.8. The Morgan fingerprint density at radius 1 is 1.05 bits per heavy atom. The standard InChI is InChI=1S/C27H32ClN7O2/c1-29-26(36)21-15-30-24(37-2)14-23(21)33-25-22(28)16-31-27(34-25)32-19-8-5-17-6-9-20(10-7-18(17)13-19)35-11-3-4-12-35/h5,8,13-16,20H,3-4,6-7,9-12H2,1-2H3,(H,29,36)(H2,30,31,32,33,34). The number of amides is 1. The van der Waals surface area contributed by atoms with E-state index in [1.807, 2.05) is 0 Å². The molecule has 0 saturated carbocycles. The van der Waals surface area contributed by atoms with Gasteiger partial charge in [0.2, 0.25) is 11.8 Å². The van der Waals surface area contributed by atoms with Crippen LogP contribution in [0.1, 0.15) is 47.2 Å². The predicted molar refractivity (Wildman–Crippen MR) is 145 cm³/mol. The molecule has 9 nitrogen and oxygen atoms in total. The quantitative estimate of drug-likeness (QED) is 0.383. The van der Waals surface area contributed by atoms with Gasteiger partial charge in [-0.15, -0.1) is 0 Å². The minimum absolute atomic E-state index is 0.293. The minimum atomic E-state index is -0.293. The maximum absolute atomic E-state index is 12.3. The number of anilines is 4. The van der Waals surface area contributed by atoms with Crippen molar-refractivity contribution in [1.82, 2.24) is 25.2 Å². The molecule has 1 fully saturated rings. The van der Waals surface area contributed by atoms with Gasteiger partial charge in [-0.25, -0.2) is 9.97 Å². The van der Waals surface area contributed by atoms with Gasteiger partial charge in [-0.3, -0.25) is 4.79 Å². The molecule has 1 aromatic carbocycles. The number of carbonyl (C=O) groups excluding carboxylic acids is 1. The molecule has 3 heterocycles. The van der Waals surface area contributed by atoms with Gasteiger partial charge in [-0.05, 0) is 74.9 Å². The second-order valence-electron chi connectivity index (χ2n) is 9.45. The van der Waals surface area contributed by atoms with E-state index in [2.05, 4.69) is 54.0 Å². The highest BCUT2D eigenvalue weighted by Gasteiger charge is 2.24. The van der Waals surface area contributed by atoms with Crippen LogP contribution in [0.4, 0.5) is 23.1 Å². The molecule has 10 heteroatoms. The Morgan fingerprint density at radius 2 is 1.84 bits per heavy atom. The highest BCUT2D eigenvalue weighted by molar-refractivity contribution is 6.33. The summed E-state index contributed by atoms with van der Waals surface area (Å²) in [4.78, 5) is 28.1. The highest BCUT2D eigenvalue weighted by atomic mass is 35.5. The summed E-state index contributed by atoms with van der Waals surface area (Å²) in [6, 6.07) is 8.82. The van der Waals surface area contributed by atoms with Crippen molar-refractivity contribution in [3.63, 3.8) is 0 Å². The Balaban J connectivity index is 1.33. The van der Waals surface area contributed by atoms with Crippen molar-refractivity contribution in [2.24, 2.45) is 0 Å². The molecule has 194 valence electrons. The molecular formula is C27H32ClN7O2. The van der Waals surface area contributed by atoms with Crippen LogP contribution in [0.2, 0.25) is 5.02 Å². The van der Waals surface area contributed by atoms with E-state index >= 15 is 0 Å². The van der Waals surface area contributed by atoms with Crippen LogP contribution in [-0.4, -0.2) is 59.0 Å². The van der Waals surface area contributed by atoms with Crippen molar-refractivity contribution in [3.8, 4) is 5.88 Å². The van der Waals surface area contributed by atoms with Gasteiger partial charge in [0.1, 0.15) is 5.02 Å². The Kier molecular flexibility index (Phi) is 7.71. The Morgan fingerprint density at radius 3 is 2.59 bits per heavy atom. The van der Waals surface area contributed by atoms with Crippen LogP contribution in [0.25, 0.3) is 0 Å². The van der Waals surface area contributed by atoms with Crippen LogP contribution >= 0.6 is 11.6 Å². The van der Waals surface area contributed by atoms with E-state index in [1.54, 1.807) is 13.1 Å². The van der Waals surface area contributed by atoms with Gasteiger partial charge in [-0.2, -0.15) is 4.98 Å². The van der Waals surface area contributed by atoms with Crippen molar-refractivity contribution in [2.45, 2.75) is 44.6 Å². The number of pyridine rings is 1. The second-order valence-corrected chi connectivity index (χ2v) is 9.86. The molecule has 0 radical (unpaired) electrons. The number of nitrogens with one attached hydrogen (secondary N) is 3. The average Bonchev–Trinajstić information content (AvgIpc) is 3.37. The number of nitrogens with zero attached hydrogens (tertiary/aromatic N) is 4. The van der Waals surface area contributed by atoms with Crippen molar-refractivity contribution in [3.05, 3.63) is 58.4 Å². The maximum atomic E-state index is 12.3. The van der Waals surface area contributed by atoms with Crippen LogP contribution in [0.3, 0.4) is 0 Å². The number of fused-ring (bicyclic) bond motifs is 1. The molecule has 1 atom stereocenters. The van der Waals surface area contributed by atoms with Gasteiger partial charge in [0.05, 0.1) is 24.6 Å². The first kappa shape index (κ1) is 25.2. The molecule has 0 spiro atoms. The smallest absolute Gasteiger partial charge is 0.254 e. The lowest BCUT2D eigenvalue weighted by molar-refractivity contribution is 0.0963. The third kappa shape index (κ3) is 5.78. The number of aromatic nitrogens is 3. The number of rotatable bonds is 7. The number of methoxy groups -OCH3 is 1. The Bertz CT molecular complexity index is 1280. The third-order valence-electron chi connectivity index (χ3n) is 7.17. The first-order valence-electron chi connectivity index (χ1n) is 12.7. The second kappa shape index (κ2) is 11.3. The predicted octanol–water partition coefficient (Wildman–Crippen LogP) is 4.72. The molecular weight excluding hydrogens is 490 g/mol. The monoisotopic (exact) mass is 521 g/mol. The average molecular weight is 522 g/mol. The van der Waals surface area contributed by atoms with E-state index in [0.717, 1.165) is 18.5 Å². The van der Waals surface area contributed by atoms with Gasteiger partial charge in [0, 0.05) is 31.0 Å².